The first-order valence-corrected chi connectivity index (χ1v) is 10.0. The fourth-order valence-electron chi connectivity index (χ4n) is 1.80. The van der Waals surface area contributed by atoms with Crippen LogP contribution >= 0.6 is 11.8 Å². The number of ketones is 1. The van der Waals surface area contributed by atoms with Gasteiger partial charge in [0.2, 0.25) is 5.91 Å². The first kappa shape index (κ1) is 24.3. The number of Topliss-reactive ketones (excluding diaryl/α,β-unsaturated/α-hetero) is 1. The van der Waals surface area contributed by atoms with Gasteiger partial charge in [-0.15, -0.1) is 0 Å². The van der Waals surface area contributed by atoms with Crippen molar-refractivity contribution in [1.29, 1.82) is 0 Å². The zero-order valence-corrected chi connectivity index (χ0v) is 16.5. The normalized spacial score (nSPS) is 12.1. The molecule has 7 nitrogen and oxygen atoms in total. The van der Waals surface area contributed by atoms with Crippen LogP contribution in [0, 0.1) is 0 Å². The predicted molar refractivity (Wildman–Crippen MR) is 99.2 cm³/mol. The third kappa shape index (κ3) is 16.5. The van der Waals surface area contributed by atoms with E-state index in [0.717, 1.165) is 6.42 Å². The Labute approximate surface area is 155 Å². The number of ether oxygens (including phenoxy) is 4. The van der Waals surface area contributed by atoms with Crippen molar-refractivity contribution in [1.82, 2.24) is 5.32 Å². The van der Waals surface area contributed by atoms with Gasteiger partial charge >= 0.3 is 0 Å². The SMILES string of the molecule is CCC(SC)C(=O)NCCOCCOCCOCCOCCC(C)=O. The van der Waals surface area contributed by atoms with Gasteiger partial charge in [0.1, 0.15) is 5.78 Å². The molecule has 0 rings (SSSR count). The van der Waals surface area contributed by atoms with Crippen LogP contribution in [0.4, 0.5) is 0 Å². The van der Waals surface area contributed by atoms with Gasteiger partial charge in [0.15, 0.2) is 0 Å². The number of carbonyl (C=O) groups excluding carboxylic acids is 2. The first-order chi connectivity index (χ1) is 12.1. The largest absolute Gasteiger partial charge is 0.379 e. The van der Waals surface area contributed by atoms with Crippen LogP contribution in [0.5, 0.6) is 0 Å². The molecule has 25 heavy (non-hydrogen) atoms. The molecule has 0 spiro atoms. The second-order valence-corrected chi connectivity index (χ2v) is 6.37. The molecule has 0 heterocycles. The number of nitrogens with one attached hydrogen (secondary N) is 1. The summed E-state index contributed by atoms with van der Waals surface area (Å²) in [6.45, 7) is 7.95. The number of rotatable bonds is 18. The van der Waals surface area contributed by atoms with Gasteiger partial charge in [-0.2, -0.15) is 11.8 Å². The third-order valence-corrected chi connectivity index (χ3v) is 4.32. The Balaban J connectivity index is 3.19. The first-order valence-electron chi connectivity index (χ1n) is 8.72. The lowest BCUT2D eigenvalue weighted by molar-refractivity contribution is -0.121. The minimum absolute atomic E-state index is 0.0165. The predicted octanol–water partition coefficient (Wildman–Crippen LogP) is 1.29. The Bertz CT molecular complexity index is 339. The molecule has 1 unspecified atom stereocenters. The van der Waals surface area contributed by atoms with Crippen molar-refractivity contribution in [2.24, 2.45) is 0 Å². The number of hydrogen-bond donors (Lipinski definition) is 1. The molecule has 0 aliphatic carbocycles. The number of carbonyl (C=O) groups is 2. The summed E-state index contributed by atoms with van der Waals surface area (Å²) in [6.07, 6.45) is 3.21. The van der Waals surface area contributed by atoms with E-state index in [9.17, 15) is 9.59 Å². The Morgan fingerprint density at radius 3 is 1.80 bits per heavy atom. The lowest BCUT2D eigenvalue weighted by Gasteiger charge is -2.12. The highest BCUT2D eigenvalue weighted by molar-refractivity contribution is 7.99. The van der Waals surface area contributed by atoms with Crippen LogP contribution in [0.15, 0.2) is 0 Å². The van der Waals surface area contributed by atoms with Crippen LogP contribution in [-0.4, -0.2) is 82.6 Å². The lowest BCUT2D eigenvalue weighted by Crippen LogP contribution is -2.34. The number of hydrogen-bond acceptors (Lipinski definition) is 7. The molecular formula is C17H33NO6S. The average molecular weight is 380 g/mol. The van der Waals surface area contributed by atoms with Gasteiger partial charge < -0.3 is 24.3 Å². The van der Waals surface area contributed by atoms with Gasteiger partial charge in [-0.25, -0.2) is 0 Å². The van der Waals surface area contributed by atoms with Crippen LogP contribution in [0.1, 0.15) is 26.7 Å². The zero-order valence-electron chi connectivity index (χ0n) is 15.7. The monoisotopic (exact) mass is 379 g/mol. The van der Waals surface area contributed by atoms with Gasteiger partial charge in [0.25, 0.3) is 0 Å². The number of thioether (sulfide) groups is 1. The maximum Gasteiger partial charge on any atom is 0.233 e. The molecule has 0 saturated carbocycles. The van der Waals surface area contributed by atoms with E-state index in [4.69, 9.17) is 18.9 Å². The minimum Gasteiger partial charge on any atom is -0.379 e. The molecule has 0 aliphatic rings. The Morgan fingerprint density at radius 2 is 1.36 bits per heavy atom. The molecule has 0 aromatic heterocycles. The van der Waals surface area contributed by atoms with Crippen molar-refractivity contribution in [3.63, 3.8) is 0 Å². The summed E-state index contributed by atoms with van der Waals surface area (Å²) in [5.74, 6) is 0.196. The molecule has 0 saturated heterocycles. The molecule has 0 aromatic rings. The molecule has 0 fully saturated rings. The maximum atomic E-state index is 11.7. The van der Waals surface area contributed by atoms with Crippen molar-refractivity contribution >= 4 is 23.5 Å². The Hall–Kier alpha value is -0.670. The van der Waals surface area contributed by atoms with Crippen molar-refractivity contribution in [3.05, 3.63) is 0 Å². The van der Waals surface area contributed by atoms with Crippen molar-refractivity contribution in [2.75, 3.05) is 65.7 Å². The second-order valence-electron chi connectivity index (χ2n) is 5.33. The van der Waals surface area contributed by atoms with Crippen LogP contribution in [0.25, 0.3) is 0 Å². The topological polar surface area (TPSA) is 83.1 Å². The van der Waals surface area contributed by atoms with Crippen molar-refractivity contribution in [2.45, 2.75) is 31.9 Å². The molecule has 1 atom stereocenters. The molecule has 0 aliphatic heterocycles. The molecular weight excluding hydrogens is 346 g/mol. The quantitative estimate of drug-likeness (QED) is 0.359. The van der Waals surface area contributed by atoms with Gasteiger partial charge in [-0.1, -0.05) is 6.92 Å². The molecule has 1 N–H and O–H groups in total. The molecule has 8 heteroatoms. The molecule has 0 bridgehead atoms. The smallest absolute Gasteiger partial charge is 0.233 e. The summed E-state index contributed by atoms with van der Waals surface area (Å²) in [6, 6.07) is 0. The summed E-state index contributed by atoms with van der Waals surface area (Å²) in [4.78, 5) is 22.4. The number of amides is 1. The van der Waals surface area contributed by atoms with E-state index < -0.39 is 0 Å². The van der Waals surface area contributed by atoms with E-state index >= 15 is 0 Å². The highest BCUT2D eigenvalue weighted by Gasteiger charge is 2.13. The van der Waals surface area contributed by atoms with Gasteiger partial charge in [-0.05, 0) is 19.6 Å². The second kappa shape index (κ2) is 18.1. The average Bonchev–Trinajstić information content (AvgIpc) is 2.59. The molecule has 148 valence electrons. The third-order valence-electron chi connectivity index (χ3n) is 3.21. The van der Waals surface area contributed by atoms with Crippen LogP contribution in [0.2, 0.25) is 0 Å². The molecule has 0 radical (unpaired) electrons. The summed E-state index contributed by atoms with van der Waals surface area (Å²) in [5.41, 5.74) is 0. The summed E-state index contributed by atoms with van der Waals surface area (Å²) < 4.78 is 21.3. The maximum absolute atomic E-state index is 11.7. The summed E-state index contributed by atoms with van der Waals surface area (Å²) in [5, 5.41) is 2.87. The minimum atomic E-state index is 0.0165. The lowest BCUT2D eigenvalue weighted by atomic mass is 10.3. The van der Waals surface area contributed by atoms with E-state index in [2.05, 4.69) is 5.32 Å². The van der Waals surface area contributed by atoms with E-state index in [1.165, 1.54) is 0 Å². The van der Waals surface area contributed by atoms with Gasteiger partial charge in [0, 0.05) is 13.0 Å². The van der Waals surface area contributed by atoms with E-state index in [1.54, 1.807) is 18.7 Å². The standard InChI is InChI=1S/C17H33NO6S/c1-4-16(25-3)17(20)18-6-8-22-10-12-24-14-13-23-11-9-21-7-5-15(2)19/h16H,4-14H2,1-3H3,(H,18,20). The Morgan fingerprint density at radius 1 is 0.880 bits per heavy atom. The van der Waals surface area contributed by atoms with Gasteiger partial charge in [0.05, 0.1) is 58.1 Å². The molecule has 1 amide bonds. The zero-order chi connectivity index (χ0) is 18.8. The van der Waals surface area contributed by atoms with E-state index in [-0.39, 0.29) is 16.9 Å². The van der Waals surface area contributed by atoms with Crippen molar-refractivity contribution < 1.29 is 28.5 Å². The van der Waals surface area contributed by atoms with Crippen LogP contribution in [0.3, 0.4) is 0 Å². The van der Waals surface area contributed by atoms with Crippen LogP contribution in [-0.2, 0) is 28.5 Å². The molecule has 0 aromatic carbocycles. The highest BCUT2D eigenvalue weighted by Crippen LogP contribution is 2.09. The summed E-state index contributed by atoms with van der Waals surface area (Å²) in [7, 11) is 0. The Kier molecular flexibility index (Phi) is 17.6. The highest BCUT2D eigenvalue weighted by atomic mass is 32.2. The van der Waals surface area contributed by atoms with E-state index in [0.29, 0.717) is 65.8 Å². The van der Waals surface area contributed by atoms with Gasteiger partial charge in [-0.3, -0.25) is 9.59 Å². The fraction of sp³-hybridized carbons (Fsp3) is 0.882. The van der Waals surface area contributed by atoms with Crippen molar-refractivity contribution in [3.8, 4) is 0 Å². The summed E-state index contributed by atoms with van der Waals surface area (Å²) >= 11 is 1.56. The van der Waals surface area contributed by atoms with E-state index in [1.807, 2.05) is 13.2 Å². The van der Waals surface area contributed by atoms with Crippen LogP contribution < -0.4 is 5.32 Å². The fourth-order valence-corrected chi connectivity index (χ4v) is 2.43.